The van der Waals surface area contributed by atoms with Crippen LogP contribution in [0, 0.1) is 12.7 Å². The van der Waals surface area contributed by atoms with E-state index in [1.54, 1.807) is 24.5 Å². The van der Waals surface area contributed by atoms with Crippen LogP contribution in [0.4, 0.5) is 4.39 Å². The standard InChI is InChI=1S/C19H18FN5O/c1-12-8-22-17(9-21-12)18-23-16-6-7-25(11-15(16)19(26)24-18)10-13-2-4-14(20)5-3-13/h2-5,8-9H,6-7,10-11H2,1H3,(H,23,24,26). The number of halogens is 1. The van der Waals surface area contributed by atoms with Gasteiger partial charge in [0.15, 0.2) is 5.82 Å². The van der Waals surface area contributed by atoms with Crippen LogP contribution in [0.3, 0.4) is 0 Å². The van der Waals surface area contributed by atoms with Gasteiger partial charge in [0.1, 0.15) is 11.5 Å². The molecule has 1 aliphatic heterocycles. The zero-order valence-corrected chi connectivity index (χ0v) is 14.4. The maximum Gasteiger partial charge on any atom is 0.255 e. The summed E-state index contributed by atoms with van der Waals surface area (Å²) in [5, 5.41) is 0. The predicted octanol–water partition coefficient (Wildman–Crippen LogP) is 2.23. The van der Waals surface area contributed by atoms with Crippen LogP contribution >= 0.6 is 0 Å². The van der Waals surface area contributed by atoms with Gasteiger partial charge in [-0.1, -0.05) is 12.1 Å². The molecular weight excluding hydrogens is 333 g/mol. The number of hydrogen-bond donors (Lipinski definition) is 1. The maximum absolute atomic E-state index is 13.0. The van der Waals surface area contributed by atoms with Crippen molar-refractivity contribution in [3.63, 3.8) is 0 Å². The molecular formula is C19H18FN5O. The van der Waals surface area contributed by atoms with E-state index in [4.69, 9.17) is 0 Å². The third-order valence-corrected chi connectivity index (χ3v) is 4.49. The summed E-state index contributed by atoms with van der Waals surface area (Å²) in [7, 11) is 0. The first kappa shape index (κ1) is 16.5. The van der Waals surface area contributed by atoms with Crippen LogP contribution in [-0.2, 0) is 19.5 Å². The molecule has 0 aliphatic carbocycles. The molecule has 1 aliphatic rings. The Morgan fingerprint density at radius 3 is 2.73 bits per heavy atom. The average molecular weight is 351 g/mol. The van der Waals surface area contributed by atoms with Gasteiger partial charge in [0.05, 0.1) is 23.1 Å². The van der Waals surface area contributed by atoms with Crippen molar-refractivity contribution in [1.29, 1.82) is 0 Å². The number of nitrogens with one attached hydrogen (secondary N) is 1. The van der Waals surface area contributed by atoms with Crippen molar-refractivity contribution in [1.82, 2.24) is 24.8 Å². The zero-order chi connectivity index (χ0) is 18.1. The molecule has 0 saturated heterocycles. The second-order valence-electron chi connectivity index (χ2n) is 6.47. The molecule has 3 aromatic rings. The molecule has 6 nitrogen and oxygen atoms in total. The molecule has 1 N–H and O–H groups in total. The second-order valence-corrected chi connectivity index (χ2v) is 6.47. The van der Waals surface area contributed by atoms with E-state index in [1.807, 2.05) is 6.92 Å². The minimum atomic E-state index is -0.245. The van der Waals surface area contributed by atoms with Crippen LogP contribution in [0.1, 0.15) is 22.5 Å². The van der Waals surface area contributed by atoms with E-state index in [0.717, 1.165) is 23.5 Å². The Hall–Kier alpha value is -2.93. The van der Waals surface area contributed by atoms with Crippen molar-refractivity contribution in [3.05, 3.63) is 75.3 Å². The topological polar surface area (TPSA) is 74.8 Å². The lowest BCUT2D eigenvalue weighted by Crippen LogP contribution is -2.35. The third kappa shape index (κ3) is 3.39. The van der Waals surface area contributed by atoms with Crippen LogP contribution in [0.15, 0.2) is 41.5 Å². The number of rotatable bonds is 3. The van der Waals surface area contributed by atoms with Crippen molar-refractivity contribution in [2.75, 3.05) is 6.54 Å². The Balaban J connectivity index is 1.57. The third-order valence-electron chi connectivity index (χ3n) is 4.49. The predicted molar refractivity (Wildman–Crippen MR) is 94.8 cm³/mol. The van der Waals surface area contributed by atoms with Crippen LogP contribution in [0.25, 0.3) is 11.5 Å². The summed E-state index contributed by atoms with van der Waals surface area (Å²) in [5.74, 6) is 0.207. The molecule has 4 rings (SSSR count). The normalized spacial score (nSPS) is 14.2. The number of aromatic nitrogens is 4. The lowest BCUT2D eigenvalue weighted by molar-refractivity contribution is 0.242. The number of aromatic amines is 1. The fourth-order valence-electron chi connectivity index (χ4n) is 3.10. The van der Waals surface area contributed by atoms with Gasteiger partial charge in [0.2, 0.25) is 0 Å². The minimum absolute atomic E-state index is 0.142. The molecule has 7 heteroatoms. The molecule has 2 aromatic heterocycles. The molecule has 0 bridgehead atoms. The van der Waals surface area contributed by atoms with Crippen molar-refractivity contribution in [3.8, 4) is 11.5 Å². The van der Waals surface area contributed by atoms with Crippen LogP contribution in [-0.4, -0.2) is 31.4 Å². The number of hydrogen-bond acceptors (Lipinski definition) is 5. The smallest absolute Gasteiger partial charge is 0.255 e. The molecule has 0 atom stereocenters. The SMILES string of the molecule is Cc1cnc(-c2nc3c(c(=O)[nH]2)CN(Cc2ccc(F)cc2)CC3)cn1. The van der Waals surface area contributed by atoms with Gasteiger partial charge in [0, 0.05) is 32.3 Å². The van der Waals surface area contributed by atoms with E-state index in [9.17, 15) is 9.18 Å². The lowest BCUT2D eigenvalue weighted by atomic mass is 10.1. The zero-order valence-electron chi connectivity index (χ0n) is 14.4. The molecule has 0 amide bonds. The quantitative estimate of drug-likeness (QED) is 0.783. The van der Waals surface area contributed by atoms with Gasteiger partial charge in [-0.05, 0) is 24.6 Å². The molecule has 132 valence electrons. The second kappa shape index (κ2) is 6.76. The van der Waals surface area contributed by atoms with Crippen molar-refractivity contribution in [2.24, 2.45) is 0 Å². The highest BCUT2D eigenvalue weighted by Crippen LogP contribution is 2.19. The number of nitrogens with zero attached hydrogens (tertiary/aromatic N) is 4. The summed E-state index contributed by atoms with van der Waals surface area (Å²) in [6.07, 6.45) is 3.95. The van der Waals surface area contributed by atoms with Crippen LogP contribution < -0.4 is 5.56 Å². The Morgan fingerprint density at radius 2 is 2.00 bits per heavy atom. The lowest BCUT2D eigenvalue weighted by Gasteiger charge is -2.27. The van der Waals surface area contributed by atoms with E-state index in [0.29, 0.717) is 36.6 Å². The molecule has 0 unspecified atom stereocenters. The monoisotopic (exact) mass is 351 g/mol. The molecule has 3 heterocycles. The van der Waals surface area contributed by atoms with Crippen molar-refractivity contribution >= 4 is 0 Å². The number of H-pyrrole nitrogens is 1. The number of benzene rings is 1. The Bertz CT molecular complexity index is 982. The first-order valence-corrected chi connectivity index (χ1v) is 8.46. The summed E-state index contributed by atoms with van der Waals surface area (Å²) in [6.45, 7) is 3.84. The molecule has 1 aromatic carbocycles. The van der Waals surface area contributed by atoms with Gasteiger partial charge in [-0.15, -0.1) is 0 Å². The Morgan fingerprint density at radius 1 is 1.19 bits per heavy atom. The highest BCUT2D eigenvalue weighted by molar-refractivity contribution is 5.48. The largest absolute Gasteiger partial charge is 0.305 e. The number of aryl methyl sites for hydroxylation is 1. The summed E-state index contributed by atoms with van der Waals surface area (Å²) in [5.41, 5.74) is 3.74. The summed E-state index contributed by atoms with van der Waals surface area (Å²) in [4.78, 5) is 30.6. The minimum Gasteiger partial charge on any atom is -0.305 e. The molecule has 26 heavy (non-hydrogen) atoms. The average Bonchev–Trinajstić information content (AvgIpc) is 2.64. The summed E-state index contributed by atoms with van der Waals surface area (Å²) in [6, 6.07) is 6.45. The molecule has 0 fully saturated rings. The van der Waals surface area contributed by atoms with Gasteiger partial charge < -0.3 is 4.98 Å². The van der Waals surface area contributed by atoms with E-state index in [1.165, 1.54) is 12.1 Å². The summed E-state index contributed by atoms with van der Waals surface area (Å²) >= 11 is 0. The summed E-state index contributed by atoms with van der Waals surface area (Å²) < 4.78 is 13.0. The van der Waals surface area contributed by atoms with E-state index in [-0.39, 0.29) is 11.4 Å². The van der Waals surface area contributed by atoms with Gasteiger partial charge in [-0.2, -0.15) is 0 Å². The van der Waals surface area contributed by atoms with Crippen molar-refractivity contribution < 1.29 is 4.39 Å². The van der Waals surface area contributed by atoms with E-state index >= 15 is 0 Å². The van der Waals surface area contributed by atoms with E-state index in [2.05, 4.69) is 24.8 Å². The van der Waals surface area contributed by atoms with Gasteiger partial charge in [0.25, 0.3) is 5.56 Å². The van der Waals surface area contributed by atoms with E-state index < -0.39 is 0 Å². The van der Waals surface area contributed by atoms with Gasteiger partial charge in [-0.3, -0.25) is 14.7 Å². The Labute approximate surface area is 149 Å². The fourth-order valence-corrected chi connectivity index (χ4v) is 3.10. The molecule has 0 radical (unpaired) electrons. The van der Waals surface area contributed by atoms with Crippen molar-refractivity contribution in [2.45, 2.75) is 26.4 Å². The Kier molecular flexibility index (Phi) is 4.30. The molecule has 0 spiro atoms. The first-order chi connectivity index (χ1) is 12.6. The highest BCUT2D eigenvalue weighted by atomic mass is 19.1. The van der Waals surface area contributed by atoms with Gasteiger partial charge >= 0.3 is 0 Å². The van der Waals surface area contributed by atoms with Crippen LogP contribution in [0.2, 0.25) is 0 Å². The fraction of sp³-hybridized carbons (Fsp3) is 0.263. The van der Waals surface area contributed by atoms with Gasteiger partial charge in [-0.25, -0.2) is 14.4 Å². The van der Waals surface area contributed by atoms with Crippen LogP contribution in [0.5, 0.6) is 0 Å². The molecule has 0 saturated carbocycles. The maximum atomic E-state index is 13.0. The first-order valence-electron chi connectivity index (χ1n) is 8.46. The highest BCUT2D eigenvalue weighted by Gasteiger charge is 2.22. The number of fused-ring (bicyclic) bond motifs is 1.